The molecule has 1 atom stereocenters. The number of aliphatic hydroxyl groups is 1. The topological polar surface area (TPSA) is 29.5 Å². The molecule has 2 rings (SSSR count). The van der Waals surface area contributed by atoms with Crippen LogP contribution in [0.5, 0.6) is 0 Å². The molecule has 1 aliphatic rings. The number of rotatable bonds is 1. The highest BCUT2D eigenvalue weighted by molar-refractivity contribution is 9.10. The fourth-order valence-electron chi connectivity index (χ4n) is 1.93. The van der Waals surface area contributed by atoms with E-state index in [2.05, 4.69) is 15.9 Å². The summed E-state index contributed by atoms with van der Waals surface area (Å²) >= 11 is 2.98. The molecule has 1 fully saturated rings. The Morgan fingerprint density at radius 3 is 2.75 bits per heavy atom. The van der Waals surface area contributed by atoms with Gasteiger partial charge in [-0.2, -0.15) is 0 Å². The van der Waals surface area contributed by atoms with Crippen LogP contribution < -0.4 is 0 Å². The van der Waals surface area contributed by atoms with Crippen LogP contribution in [0.15, 0.2) is 16.6 Å². The van der Waals surface area contributed by atoms with Crippen LogP contribution in [0, 0.1) is 11.6 Å². The first-order chi connectivity index (χ1) is 7.54. The van der Waals surface area contributed by atoms with Gasteiger partial charge in [-0.3, -0.25) is 0 Å². The van der Waals surface area contributed by atoms with Gasteiger partial charge in [0.2, 0.25) is 0 Å². The molecule has 1 saturated heterocycles. The van der Waals surface area contributed by atoms with Crippen LogP contribution in [0.1, 0.15) is 18.4 Å². The van der Waals surface area contributed by atoms with E-state index in [9.17, 15) is 13.9 Å². The summed E-state index contributed by atoms with van der Waals surface area (Å²) in [5, 5.41) is 10.2. The van der Waals surface area contributed by atoms with Crippen LogP contribution in [0.25, 0.3) is 0 Å². The molecule has 0 amide bonds. The zero-order valence-corrected chi connectivity index (χ0v) is 10.1. The smallest absolute Gasteiger partial charge is 0.146 e. The molecule has 1 unspecified atom stereocenters. The van der Waals surface area contributed by atoms with Gasteiger partial charge in [0.1, 0.15) is 17.2 Å². The number of halogens is 3. The van der Waals surface area contributed by atoms with Crippen molar-refractivity contribution in [3.63, 3.8) is 0 Å². The lowest BCUT2D eigenvalue weighted by molar-refractivity contribution is -0.0940. The van der Waals surface area contributed by atoms with Gasteiger partial charge in [0.05, 0.1) is 16.6 Å². The van der Waals surface area contributed by atoms with E-state index in [0.29, 0.717) is 19.4 Å². The largest absolute Gasteiger partial charge is 0.383 e. The maximum Gasteiger partial charge on any atom is 0.146 e. The molecule has 1 heterocycles. The van der Waals surface area contributed by atoms with Crippen molar-refractivity contribution >= 4 is 15.9 Å². The van der Waals surface area contributed by atoms with Crippen molar-refractivity contribution in [1.82, 2.24) is 0 Å². The zero-order chi connectivity index (χ0) is 11.8. The summed E-state index contributed by atoms with van der Waals surface area (Å²) in [6.45, 7) is 0.441. The lowest BCUT2D eigenvalue weighted by Crippen LogP contribution is -2.37. The highest BCUT2D eigenvalue weighted by atomic mass is 79.9. The monoisotopic (exact) mass is 292 g/mol. The lowest BCUT2D eigenvalue weighted by Gasteiger charge is -2.32. The number of hydrogen-bond donors (Lipinski definition) is 1. The van der Waals surface area contributed by atoms with Crippen molar-refractivity contribution in [3.8, 4) is 0 Å². The molecule has 5 heteroatoms. The molecule has 1 N–H and O–H groups in total. The molecule has 0 bridgehead atoms. The second-order valence-corrected chi connectivity index (χ2v) is 4.76. The van der Waals surface area contributed by atoms with Gasteiger partial charge in [-0.25, -0.2) is 8.78 Å². The van der Waals surface area contributed by atoms with Crippen molar-refractivity contribution < 1.29 is 18.6 Å². The first-order valence-electron chi connectivity index (χ1n) is 4.99. The van der Waals surface area contributed by atoms with E-state index in [0.717, 1.165) is 6.07 Å². The average Bonchev–Trinajstić information content (AvgIpc) is 2.25. The third kappa shape index (κ3) is 1.99. The van der Waals surface area contributed by atoms with Crippen molar-refractivity contribution in [3.05, 3.63) is 33.8 Å². The summed E-state index contributed by atoms with van der Waals surface area (Å²) in [7, 11) is 0. The average molecular weight is 293 g/mol. The molecule has 88 valence electrons. The predicted octanol–water partition coefficient (Wildman–Crippen LogP) is 2.73. The molecule has 0 saturated carbocycles. The molecule has 0 aliphatic carbocycles. The molecule has 0 spiro atoms. The van der Waals surface area contributed by atoms with E-state index >= 15 is 0 Å². The van der Waals surface area contributed by atoms with Gasteiger partial charge in [-0.1, -0.05) is 0 Å². The molecule has 0 radical (unpaired) electrons. The zero-order valence-electron chi connectivity index (χ0n) is 8.47. The van der Waals surface area contributed by atoms with Crippen molar-refractivity contribution in [2.45, 2.75) is 18.4 Å². The highest BCUT2D eigenvalue weighted by Gasteiger charge is 2.37. The number of benzene rings is 1. The molecule has 1 aromatic carbocycles. The van der Waals surface area contributed by atoms with Crippen LogP contribution in [-0.2, 0) is 10.3 Å². The molecule has 2 nitrogen and oxygen atoms in total. The Labute approximate surface area is 100 Å². The fourth-order valence-corrected chi connectivity index (χ4v) is 2.26. The normalized spacial score (nSPS) is 25.8. The van der Waals surface area contributed by atoms with E-state index in [1.165, 1.54) is 6.07 Å². The van der Waals surface area contributed by atoms with Gasteiger partial charge < -0.3 is 9.84 Å². The van der Waals surface area contributed by atoms with Crippen molar-refractivity contribution in [2.75, 3.05) is 13.2 Å². The molecular formula is C11H11BrF2O2. The first-order valence-corrected chi connectivity index (χ1v) is 5.78. The minimum atomic E-state index is -1.56. The predicted molar refractivity (Wildman–Crippen MR) is 58.0 cm³/mol. The summed E-state index contributed by atoms with van der Waals surface area (Å²) in [6.07, 6.45) is 0.888. The standard InChI is InChI=1S/C11H11BrF2O2/c12-7-2-3-8(13)9(10(7)14)11(15)4-1-5-16-6-11/h2-3,15H,1,4-6H2. The Balaban J connectivity index is 2.49. The quantitative estimate of drug-likeness (QED) is 0.807. The van der Waals surface area contributed by atoms with Gasteiger partial charge in [-0.15, -0.1) is 0 Å². The number of ether oxygens (including phenoxy) is 1. The Hall–Kier alpha value is -0.520. The van der Waals surface area contributed by atoms with Gasteiger partial charge in [0, 0.05) is 6.61 Å². The van der Waals surface area contributed by atoms with E-state index in [1.54, 1.807) is 0 Å². The van der Waals surface area contributed by atoms with E-state index in [-0.39, 0.29) is 16.6 Å². The van der Waals surface area contributed by atoms with Crippen molar-refractivity contribution in [1.29, 1.82) is 0 Å². The second kappa shape index (κ2) is 4.39. The third-order valence-corrected chi connectivity index (χ3v) is 3.34. The lowest BCUT2D eigenvalue weighted by atomic mass is 9.88. The maximum atomic E-state index is 13.8. The molecule has 1 aromatic rings. The summed E-state index contributed by atoms with van der Waals surface area (Å²) in [6, 6.07) is 2.41. The van der Waals surface area contributed by atoms with Crippen LogP contribution >= 0.6 is 15.9 Å². The Kier molecular flexibility index (Phi) is 3.28. The van der Waals surface area contributed by atoms with E-state index < -0.39 is 17.2 Å². The summed E-state index contributed by atoms with van der Waals surface area (Å²) in [5.41, 5.74) is -1.86. The Bertz CT molecular complexity index is 403. The van der Waals surface area contributed by atoms with Crippen LogP contribution in [0.4, 0.5) is 8.78 Å². The van der Waals surface area contributed by atoms with Crippen LogP contribution in [0.2, 0.25) is 0 Å². The van der Waals surface area contributed by atoms with Crippen molar-refractivity contribution in [2.24, 2.45) is 0 Å². The Morgan fingerprint density at radius 2 is 2.12 bits per heavy atom. The van der Waals surface area contributed by atoms with Crippen LogP contribution in [-0.4, -0.2) is 18.3 Å². The fraction of sp³-hybridized carbons (Fsp3) is 0.455. The van der Waals surface area contributed by atoms with Gasteiger partial charge >= 0.3 is 0 Å². The SMILES string of the molecule is OC1(c2c(F)ccc(Br)c2F)CCCOC1. The first kappa shape index (κ1) is 12.0. The Morgan fingerprint density at radius 1 is 1.38 bits per heavy atom. The summed E-state index contributed by atoms with van der Waals surface area (Å²) in [5.74, 6) is -1.50. The number of hydrogen-bond acceptors (Lipinski definition) is 2. The maximum absolute atomic E-state index is 13.8. The molecule has 16 heavy (non-hydrogen) atoms. The molecule has 1 aliphatic heterocycles. The highest BCUT2D eigenvalue weighted by Crippen LogP contribution is 2.36. The third-order valence-electron chi connectivity index (χ3n) is 2.73. The van der Waals surface area contributed by atoms with Gasteiger partial charge in [0.25, 0.3) is 0 Å². The van der Waals surface area contributed by atoms with Crippen LogP contribution in [0.3, 0.4) is 0 Å². The van der Waals surface area contributed by atoms with Gasteiger partial charge in [-0.05, 0) is 40.9 Å². The van der Waals surface area contributed by atoms with E-state index in [4.69, 9.17) is 4.74 Å². The second-order valence-electron chi connectivity index (χ2n) is 3.91. The van der Waals surface area contributed by atoms with E-state index in [1.807, 2.05) is 0 Å². The summed E-state index contributed by atoms with van der Waals surface area (Å²) in [4.78, 5) is 0. The minimum absolute atomic E-state index is 0.0721. The summed E-state index contributed by atoms with van der Waals surface area (Å²) < 4.78 is 32.6. The van der Waals surface area contributed by atoms with Gasteiger partial charge in [0.15, 0.2) is 0 Å². The molecular weight excluding hydrogens is 282 g/mol. The minimum Gasteiger partial charge on any atom is -0.383 e. The molecule has 0 aromatic heterocycles.